The van der Waals surface area contributed by atoms with Gasteiger partial charge in [-0.2, -0.15) is 4.31 Å². The molecule has 4 aliphatic carbocycles. The number of amides is 1. The van der Waals surface area contributed by atoms with Crippen molar-refractivity contribution in [3.63, 3.8) is 0 Å². The minimum atomic E-state index is -3.15. The van der Waals surface area contributed by atoms with Crippen molar-refractivity contribution in [1.29, 1.82) is 0 Å². The maximum absolute atomic E-state index is 13.8. The normalized spacial score (nSPS) is 31.9. The van der Waals surface area contributed by atoms with Crippen LogP contribution in [0, 0.1) is 23.7 Å². The largest absolute Gasteiger partial charge is 0.390 e. The minimum absolute atomic E-state index is 0.222. The van der Waals surface area contributed by atoms with Crippen LogP contribution in [0.2, 0.25) is 0 Å². The standard InChI is InChI=1S/C31H40N4O4S/c1-40(38,39)33-12-10-32(11-13-33)25-6-8-26(9-7-25)34-14-15-35(29-5-3-2-4-28(29)34)30(36)18-27-23-16-22-17-24(27)21-31(37,19-22)20-23/h2-9,22-24,27,37H,10-21H2,1H3. The molecule has 2 atom stereocenters. The molecule has 0 aromatic heterocycles. The van der Waals surface area contributed by atoms with Crippen LogP contribution in [0.1, 0.15) is 38.5 Å². The first-order valence-corrected chi connectivity index (χ1v) is 16.7. The number of nitrogens with zero attached hydrogens (tertiary/aromatic N) is 4. The number of anilines is 4. The lowest BCUT2D eigenvalue weighted by atomic mass is 9.49. The van der Waals surface area contributed by atoms with Crippen molar-refractivity contribution in [1.82, 2.24) is 4.31 Å². The van der Waals surface area contributed by atoms with Crippen LogP contribution in [-0.2, 0) is 14.8 Å². The SMILES string of the molecule is CS(=O)(=O)N1CCN(c2ccc(N3CCN(C(=O)CC4C5CC6CC4CC(O)(C6)C5)c4ccccc43)cc2)CC1. The predicted molar refractivity (Wildman–Crippen MR) is 157 cm³/mol. The molecule has 2 aromatic carbocycles. The zero-order chi connectivity index (χ0) is 27.6. The second-order valence-electron chi connectivity index (χ2n) is 12.9. The van der Waals surface area contributed by atoms with Gasteiger partial charge in [-0.05, 0) is 92.2 Å². The van der Waals surface area contributed by atoms with Crippen molar-refractivity contribution < 1.29 is 18.3 Å². The van der Waals surface area contributed by atoms with E-state index in [1.165, 1.54) is 19.1 Å². The average Bonchev–Trinajstić information content (AvgIpc) is 2.93. The summed E-state index contributed by atoms with van der Waals surface area (Å²) in [6.45, 7) is 3.76. The van der Waals surface area contributed by atoms with Crippen LogP contribution < -0.4 is 14.7 Å². The van der Waals surface area contributed by atoms with E-state index in [0.717, 1.165) is 48.6 Å². The highest BCUT2D eigenvalue weighted by atomic mass is 32.2. The summed E-state index contributed by atoms with van der Waals surface area (Å²) in [5.41, 5.74) is 3.75. The van der Waals surface area contributed by atoms with Gasteiger partial charge in [-0.25, -0.2) is 8.42 Å². The third-order valence-electron chi connectivity index (χ3n) is 10.4. The zero-order valence-electron chi connectivity index (χ0n) is 23.3. The lowest BCUT2D eigenvalue weighted by Crippen LogP contribution is -2.55. The van der Waals surface area contributed by atoms with Gasteiger partial charge >= 0.3 is 0 Å². The first kappa shape index (κ1) is 26.3. The fraction of sp³-hybridized carbons (Fsp3) is 0.581. The molecule has 1 amide bonds. The summed E-state index contributed by atoms with van der Waals surface area (Å²) in [5.74, 6) is 2.26. The molecule has 1 N–H and O–H groups in total. The Balaban J connectivity index is 1.05. The van der Waals surface area contributed by atoms with Crippen molar-refractivity contribution in [3.05, 3.63) is 48.5 Å². The van der Waals surface area contributed by atoms with E-state index in [1.54, 1.807) is 4.31 Å². The molecule has 40 heavy (non-hydrogen) atoms. The van der Waals surface area contributed by atoms with Crippen LogP contribution in [0.15, 0.2) is 48.5 Å². The number of carbonyl (C=O) groups is 1. The molecule has 0 spiro atoms. The van der Waals surface area contributed by atoms with E-state index in [1.807, 2.05) is 17.0 Å². The van der Waals surface area contributed by atoms with Gasteiger partial charge in [0.1, 0.15) is 0 Å². The molecular formula is C31H40N4O4S. The summed E-state index contributed by atoms with van der Waals surface area (Å²) in [6.07, 6.45) is 6.97. The Morgan fingerprint density at radius 1 is 0.850 bits per heavy atom. The van der Waals surface area contributed by atoms with Gasteiger partial charge in [0.2, 0.25) is 15.9 Å². The summed E-state index contributed by atoms with van der Waals surface area (Å²) in [7, 11) is -3.15. The smallest absolute Gasteiger partial charge is 0.227 e. The molecule has 2 aromatic rings. The summed E-state index contributed by atoms with van der Waals surface area (Å²) in [4.78, 5) is 20.3. The molecule has 2 heterocycles. The number of para-hydroxylation sites is 2. The number of fused-ring (bicyclic) bond motifs is 1. The predicted octanol–water partition coefficient (Wildman–Crippen LogP) is 3.83. The van der Waals surface area contributed by atoms with Crippen LogP contribution in [0.5, 0.6) is 0 Å². The Morgan fingerprint density at radius 2 is 1.48 bits per heavy atom. The number of aliphatic hydroxyl groups is 1. The van der Waals surface area contributed by atoms with Crippen molar-refractivity contribution in [2.75, 3.05) is 60.2 Å². The molecule has 2 aliphatic heterocycles. The Morgan fingerprint density at radius 3 is 2.10 bits per heavy atom. The second-order valence-corrected chi connectivity index (χ2v) is 14.9. The van der Waals surface area contributed by atoms with Gasteiger partial charge in [-0.1, -0.05) is 12.1 Å². The van der Waals surface area contributed by atoms with Crippen molar-refractivity contribution >= 4 is 38.7 Å². The molecule has 6 aliphatic rings. The summed E-state index contributed by atoms with van der Waals surface area (Å²) < 4.78 is 25.2. The molecule has 0 radical (unpaired) electrons. The number of sulfonamides is 1. The topological polar surface area (TPSA) is 84.4 Å². The first-order chi connectivity index (χ1) is 19.2. The van der Waals surface area contributed by atoms with E-state index in [0.29, 0.717) is 62.8 Å². The number of benzene rings is 2. The number of piperazine rings is 1. The lowest BCUT2D eigenvalue weighted by Gasteiger charge is -2.58. The highest BCUT2D eigenvalue weighted by Gasteiger charge is 2.55. The average molecular weight is 565 g/mol. The Kier molecular flexibility index (Phi) is 6.40. The van der Waals surface area contributed by atoms with Gasteiger partial charge in [-0.15, -0.1) is 0 Å². The third-order valence-corrected chi connectivity index (χ3v) is 11.7. The fourth-order valence-electron chi connectivity index (χ4n) is 8.74. The highest BCUT2D eigenvalue weighted by molar-refractivity contribution is 7.88. The highest BCUT2D eigenvalue weighted by Crippen LogP contribution is 2.59. The maximum atomic E-state index is 13.8. The molecule has 4 saturated carbocycles. The van der Waals surface area contributed by atoms with Crippen molar-refractivity contribution in [3.8, 4) is 0 Å². The first-order valence-electron chi connectivity index (χ1n) is 14.9. The summed E-state index contributed by atoms with van der Waals surface area (Å²) in [6, 6.07) is 16.7. The van der Waals surface area contributed by atoms with E-state index in [4.69, 9.17) is 0 Å². The van der Waals surface area contributed by atoms with Gasteiger partial charge in [-0.3, -0.25) is 4.79 Å². The molecule has 8 nitrogen and oxygen atoms in total. The lowest BCUT2D eigenvalue weighted by molar-refractivity contribution is -0.157. The number of carbonyl (C=O) groups excluding carboxylic acids is 1. The second kappa shape index (κ2) is 9.74. The Bertz CT molecular complexity index is 1370. The van der Waals surface area contributed by atoms with Crippen molar-refractivity contribution in [2.45, 2.75) is 44.1 Å². The third kappa shape index (κ3) is 4.69. The molecule has 5 fully saturated rings. The van der Waals surface area contributed by atoms with Gasteiger partial charge < -0.3 is 19.8 Å². The number of hydrogen-bond acceptors (Lipinski definition) is 6. The van der Waals surface area contributed by atoms with Crippen LogP contribution >= 0.6 is 0 Å². The van der Waals surface area contributed by atoms with Gasteiger partial charge in [0, 0.05) is 57.1 Å². The Labute approximate surface area is 237 Å². The van der Waals surface area contributed by atoms with Gasteiger partial charge in [0.05, 0.1) is 23.2 Å². The molecule has 214 valence electrons. The molecular weight excluding hydrogens is 524 g/mol. The molecule has 1 saturated heterocycles. The molecule has 9 heteroatoms. The monoisotopic (exact) mass is 564 g/mol. The van der Waals surface area contributed by atoms with E-state index in [9.17, 15) is 18.3 Å². The fourth-order valence-corrected chi connectivity index (χ4v) is 9.57. The van der Waals surface area contributed by atoms with Crippen LogP contribution in [0.4, 0.5) is 22.7 Å². The van der Waals surface area contributed by atoms with E-state index in [2.05, 4.69) is 46.2 Å². The van der Waals surface area contributed by atoms with Crippen LogP contribution in [0.3, 0.4) is 0 Å². The maximum Gasteiger partial charge on any atom is 0.227 e. The molecule has 8 rings (SSSR count). The molecule has 2 unspecified atom stereocenters. The van der Waals surface area contributed by atoms with E-state index in [-0.39, 0.29) is 5.91 Å². The van der Waals surface area contributed by atoms with Crippen LogP contribution in [-0.4, -0.2) is 74.9 Å². The quantitative estimate of drug-likeness (QED) is 0.595. The van der Waals surface area contributed by atoms with Crippen LogP contribution in [0.25, 0.3) is 0 Å². The van der Waals surface area contributed by atoms with E-state index >= 15 is 0 Å². The zero-order valence-corrected chi connectivity index (χ0v) is 24.1. The van der Waals surface area contributed by atoms with E-state index < -0.39 is 15.6 Å². The Hall–Kier alpha value is -2.62. The van der Waals surface area contributed by atoms with Gasteiger partial charge in [0.25, 0.3) is 0 Å². The van der Waals surface area contributed by atoms with Gasteiger partial charge in [0.15, 0.2) is 0 Å². The summed E-state index contributed by atoms with van der Waals surface area (Å²) in [5, 5.41) is 11.0. The number of hydrogen-bond donors (Lipinski definition) is 1. The summed E-state index contributed by atoms with van der Waals surface area (Å²) >= 11 is 0. The number of rotatable bonds is 5. The van der Waals surface area contributed by atoms with Crippen molar-refractivity contribution in [2.24, 2.45) is 23.7 Å². The minimum Gasteiger partial charge on any atom is -0.390 e. The molecule has 4 bridgehead atoms.